The van der Waals surface area contributed by atoms with Crippen LogP contribution in [0.3, 0.4) is 0 Å². The first-order valence-electron chi connectivity index (χ1n) is 7.66. The first-order valence-corrected chi connectivity index (χ1v) is 7.66. The third-order valence-corrected chi connectivity index (χ3v) is 4.11. The van der Waals surface area contributed by atoms with Crippen molar-refractivity contribution in [3.63, 3.8) is 0 Å². The van der Waals surface area contributed by atoms with Crippen LogP contribution in [-0.2, 0) is 0 Å². The monoisotopic (exact) mass is 291 g/mol. The van der Waals surface area contributed by atoms with E-state index >= 15 is 0 Å². The van der Waals surface area contributed by atoms with Crippen molar-refractivity contribution in [1.29, 1.82) is 0 Å². The highest BCUT2D eigenvalue weighted by Gasteiger charge is 2.27. The van der Waals surface area contributed by atoms with E-state index in [1.807, 2.05) is 0 Å². The van der Waals surface area contributed by atoms with E-state index in [4.69, 9.17) is 9.84 Å². The van der Waals surface area contributed by atoms with Gasteiger partial charge in [0.2, 0.25) is 0 Å². The molecule has 1 aromatic rings. The molecule has 0 heterocycles. The fourth-order valence-electron chi connectivity index (χ4n) is 3.00. The summed E-state index contributed by atoms with van der Waals surface area (Å²) < 4.78 is 5.63. The smallest absolute Gasteiger partial charge is 0.335 e. The normalized spacial score (nSPS) is 21.0. The Morgan fingerprint density at radius 1 is 1.38 bits per heavy atom. The number of carboxylic acids is 1. The van der Waals surface area contributed by atoms with E-state index in [-0.39, 0.29) is 5.56 Å². The van der Waals surface area contributed by atoms with Crippen LogP contribution in [-0.4, -0.2) is 30.3 Å². The van der Waals surface area contributed by atoms with Crippen LogP contribution in [0.5, 0.6) is 5.75 Å². The summed E-state index contributed by atoms with van der Waals surface area (Å²) in [5, 5.41) is 12.4. The van der Waals surface area contributed by atoms with Gasteiger partial charge in [0.05, 0.1) is 5.56 Å². The van der Waals surface area contributed by atoms with E-state index < -0.39 is 5.97 Å². The van der Waals surface area contributed by atoms with Crippen LogP contribution >= 0.6 is 0 Å². The van der Waals surface area contributed by atoms with Gasteiger partial charge >= 0.3 is 5.97 Å². The average Bonchev–Trinajstić information content (AvgIpc) is 2.43. The minimum atomic E-state index is -0.914. The molecule has 1 atom stereocenters. The molecule has 0 spiro atoms. The van der Waals surface area contributed by atoms with E-state index in [0.29, 0.717) is 23.8 Å². The van der Waals surface area contributed by atoms with Gasteiger partial charge in [0.15, 0.2) is 0 Å². The summed E-state index contributed by atoms with van der Waals surface area (Å²) >= 11 is 0. The lowest BCUT2D eigenvalue weighted by atomic mass is 9.75. The Labute approximate surface area is 126 Å². The van der Waals surface area contributed by atoms with Gasteiger partial charge in [-0.15, -0.1) is 0 Å². The third kappa shape index (κ3) is 5.05. The maximum atomic E-state index is 10.7. The lowest BCUT2D eigenvalue weighted by molar-refractivity contribution is 0.0697. The number of aromatic carboxylic acids is 1. The molecule has 2 N–H and O–H groups in total. The highest BCUT2D eigenvalue weighted by atomic mass is 16.5. The van der Waals surface area contributed by atoms with Crippen molar-refractivity contribution in [1.82, 2.24) is 5.32 Å². The minimum Gasteiger partial charge on any atom is -0.492 e. The molecule has 0 radical (unpaired) electrons. The van der Waals surface area contributed by atoms with Crippen molar-refractivity contribution in [3.05, 3.63) is 29.8 Å². The molecular formula is C17H25NO3. The lowest BCUT2D eigenvalue weighted by Crippen LogP contribution is -2.39. The number of ether oxygens (including phenoxy) is 1. The standard InChI is InChI=1S/C17H25NO3/c1-17(2)9-3-4-14(12-17)18-10-11-21-15-7-5-13(6-8-15)16(19)20/h5-8,14,18H,3-4,9-12H2,1-2H3,(H,19,20). The number of carboxylic acid groups (broad SMARTS) is 1. The third-order valence-electron chi connectivity index (χ3n) is 4.11. The van der Waals surface area contributed by atoms with Crippen molar-refractivity contribution in [2.75, 3.05) is 13.2 Å². The molecule has 1 saturated carbocycles. The Morgan fingerprint density at radius 3 is 2.71 bits per heavy atom. The van der Waals surface area contributed by atoms with Gasteiger partial charge in [-0.2, -0.15) is 0 Å². The number of hydrogen-bond acceptors (Lipinski definition) is 3. The molecule has 1 unspecified atom stereocenters. The van der Waals surface area contributed by atoms with Crippen LogP contribution in [0.15, 0.2) is 24.3 Å². The molecular weight excluding hydrogens is 266 g/mol. The van der Waals surface area contributed by atoms with Gasteiger partial charge in [-0.3, -0.25) is 0 Å². The number of carbonyl (C=O) groups is 1. The first kappa shape index (κ1) is 15.8. The van der Waals surface area contributed by atoms with E-state index in [1.165, 1.54) is 25.7 Å². The zero-order valence-corrected chi connectivity index (χ0v) is 12.9. The van der Waals surface area contributed by atoms with Crippen molar-refractivity contribution in [2.24, 2.45) is 5.41 Å². The maximum Gasteiger partial charge on any atom is 0.335 e. The van der Waals surface area contributed by atoms with Crippen LogP contribution in [0.1, 0.15) is 49.9 Å². The largest absolute Gasteiger partial charge is 0.492 e. The molecule has 1 aromatic carbocycles. The average molecular weight is 291 g/mol. The zero-order chi connectivity index (χ0) is 15.3. The van der Waals surface area contributed by atoms with Crippen molar-refractivity contribution < 1.29 is 14.6 Å². The van der Waals surface area contributed by atoms with Crippen molar-refractivity contribution in [2.45, 2.75) is 45.6 Å². The van der Waals surface area contributed by atoms with Crippen LogP contribution < -0.4 is 10.1 Å². The molecule has 0 aromatic heterocycles. The van der Waals surface area contributed by atoms with E-state index in [2.05, 4.69) is 19.2 Å². The summed E-state index contributed by atoms with van der Waals surface area (Å²) in [5.41, 5.74) is 0.730. The maximum absolute atomic E-state index is 10.7. The fourth-order valence-corrected chi connectivity index (χ4v) is 3.00. The predicted octanol–water partition coefficient (Wildman–Crippen LogP) is 3.32. The summed E-state index contributed by atoms with van der Waals surface area (Å²) in [6.45, 7) is 6.09. The van der Waals surface area contributed by atoms with Gasteiger partial charge in [-0.25, -0.2) is 4.79 Å². The van der Waals surface area contributed by atoms with Gasteiger partial charge < -0.3 is 15.2 Å². The van der Waals surface area contributed by atoms with Crippen LogP contribution in [0.4, 0.5) is 0 Å². The number of benzene rings is 1. The highest BCUT2D eigenvalue weighted by molar-refractivity contribution is 5.87. The Morgan fingerprint density at radius 2 is 2.10 bits per heavy atom. The van der Waals surface area contributed by atoms with Crippen molar-refractivity contribution in [3.8, 4) is 5.75 Å². The summed E-state index contributed by atoms with van der Waals surface area (Å²) in [5.74, 6) is -0.200. The molecule has 4 heteroatoms. The van der Waals surface area contributed by atoms with Gasteiger partial charge in [-0.1, -0.05) is 20.3 Å². The van der Waals surface area contributed by atoms with Crippen LogP contribution in [0.2, 0.25) is 0 Å². The molecule has 1 aliphatic rings. The first-order chi connectivity index (χ1) is 9.96. The summed E-state index contributed by atoms with van der Waals surface area (Å²) in [7, 11) is 0. The number of rotatable bonds is 6. The quantitative estimate of drug-likeness (QED) is 0.789. The van der Waals surface area contributed by atoms with Gasteiger partial charge in [0, 0.05) is 12.6 Å². The number of hydrogen-bond donors (Lipinski definition) is 2. The van der Waals surface area contributed by atoms with Crippen molar-refractivity contribution >= 4 is 5.97 Å². The second kappa shape index (κ2) is 6.94. The molecule has 0 saturated heterocycles. The van der Waals surface area contributed by atoms with Crippen LogP contribution in [0.25, 0.3) is 0 Å². The summed E-state index contributed by atoms with van der Waals surface area (Å²) in [6, 6.07) is 7.12. The molecule has 1 aliphatic carbocycles. The predicted molar refractivity (Wildman–Crippen MR) is 82.9 cm³/mol. The zero-order valence-electron chi connectivity index (χ0n) is 12.9. The van der Waals surface area contributed by atoms with E-state index in [0.717, 1.165) is 6.54 Å². The molecule has 4 nitrogen and oxygen atoms in total. The molecule has 0 amide bonds. The van der Waals surface area contributed by atoms with E-state index in [1.54, 1.807) is 24.3 Å². The highest BCUT2D eigenvalue weighted by Crippen LogP contribution is 2.34. The Bertz CT molecular complexity index is 467. The topological polar surface area (TPSA) is 58.6 Å². The molecule has 0 bridgehead atoms. The molecule has 1 fully saturated rings. The molecule has 0 aliphatic heterocycles. The Balaban J connectivity index is 1.68. The second-order valence-electron chi connectivity index (χ2n) is 6.59. The van der Waals surface area contributed by atoms with E-state index in [9.17, 15) is 4.79 Å². The van der Waals surface area contributed by atoms with Crippen LogP contribution in [0, 0.1) is 5.41 Å². The number of nitrogens with one attached hydrogen (secondary N) is 1. The Hall–Kier alpha value is -1.55. The lowest BCUT2D eigenvalue weighted by Gasteiger charge is -2.35. The Kier molecular flexibility index (Phi) is 5.23. The summed E-state index contributed by atoms with van der Waals surface area (Å²) in [4.78, 5) is 10.7. The molecule has 116 valence electrons. The summed E-state index contributed by atoms with van der Waals surface area (Å²) in [6.07, 6.45) is 5.08. The molecule has 21 heavy (non-hydrogen) atoms. The minimum absolute atomic E-state index is 0.282. The second-order valence-corrected chi connectivity index (χ2v) is 6.59. The SMILES string of the molecule is CC1(C)CCCC(NCCOc2ccc(C(=O)O)cc2)C1. The van der Waals surface area contributed by atoms with Gasteiger partial charge in [0.25, 0.3) is 0 Å². The van der Waals surface area contributed by atoms with Gasteiger partial charge in [0.1, 0.15) is 12.4 Å². The van der Waals surface area contributed by atoms with Gasteiger partial charge in [-0.05, 0) is 48.9 Å². The fraction of sp³-hybridized carbons (Fsp3) is 0.588. The molecule has 2 rings (SSSR count).